The first-order valence-corrected chi connectivity index (χ1v) is 7.06. The summed E-state index contributed by atoms with van der Waals surface area (Å²) < 4.78 is 0. The van der Waals surface area contributed by atoms with E-state index in [1.165, 1.54) is 0 Å². The van der Waals surface area contributed by atoms with Crippen LogP contribution in [0.15, 0.2) is 24.3 Å². The molecule has 0 amide bonds. The molecule has 8 N–H and O–H groups in total. The molecule has 0 saturated heterocycles. The fourth-order valence-corrected chi connectivity index (χ4v) is 0.884. The lowest BCUT2D eigenvalue weighted by atomic mass is 10.1. The van der Waals surface area contributed by atoms with Gasteiger partial charge in [-0.1, -0.05) is 24.3 Å². The average Bonchev–Trinajstić information content (AvgIpc) is 2.45. The molecule has 0 unspecified atom stereocenters. The van der Waals surface area contributed by atoms with Gasteiger partial charge in [-0.15, -0.1) is 0 Å². The summed E-state index contributed by atoms with van der Waals surface area (Å²) in [7, 11) is 0. The van der Waals surface area contributed by atoms with E-state index in [1.54, 1.807) is 0 Å². The molecule has 1 aromatic rings. The summed E-state index contributed by atoms with van der Waals surface area (Å²) in [4.78, 5) is 36.0. The van der Waals surface area contributed by atoms with E-state index < -0.39 is 23.9 Å². The van der Waals surface area contributed by atoms with Crippen LogP contribution >= 0.6 is 0 Å². The Morgan fingerprint density at radius 2 is 0.885 bits per heavy atom. The van der Waals surface area contributed by atoms with Crippen LogP contribution in [0.1, 0.15) is 38.8 Å². The number of hydrogen-bond acceptors (Lipinski definition) is 6. The minimum Gasteiger partial charge on any atom is -0.481 e. The minimum atomic E-state index is -0.833. The van der Waals surface area contributed by atoms with Gasteiger partial charge < -0.3 is 31.9 Å². The van der Waals surface area contributed by atoms with Crippen LogP contribution < -0.4 is 11.5 Å². The minimum absolute atomic E-state index is 0.591. The summed E-state index contributed by atoms with van der Waals surface area (Å²) in [5, 5.41) is 29.7. The molecule has 10 heteroatoms. The summed E-state index contributed by atoms with van der Waals surface area (Å²) in [5.41, 5.74) is 13.1. The lowest BCUT2D eigenvalue weighted by Gasteiger charge is -1.98. The van der Waals surface area contributed by atoms with Crippen molar-refractivity contribution in [2.45, 2.75) is 40.8 Å². The standard InChI is InChI=1S/C8H12N2.4C2H4O2/c9-5-7-2-1-3-8(4-7)6-10;4*1-2(3)4/h1-4H,5-6,9-10H2;4*1H3,(H,3,4). The molecule has 0 heterocycles. The number of carboxylic acid groups (broad SMARTS) is 4. The highest BCUT2D eigenvalue weighted by atomic mass is 16.4. The zero-order valence-electron chi connectivity index (χ0n) is 15.3. The summed E-state index contributed by atoms with van der Waals surface area (Å²) >= 11 is 0. The maximum Gasteiger partial charge on any atom is 0.300 e. The summed E-state index contributed by atoms with van der Waals surface area (Å²) in [6, 6.07) is 8.00. The Morgan fingerprint density at radius 1 is 0.692 bits per heavy atom. The summed E-state index contributed by atoms with van der Waals surface area (Å²) in [6.45, 7) is 5.52. The number of carbonyl (C=O) groups is 4. The van der Waals surface area contributed by atoms with Crippen molar-refractivity contribution in [3.8, 4) is 0 Å². The van der Waals surface area contributed by atoms with Crippen molar-refractivity contribution < 1.29 is 39.6 Å². The van der Waals surface area contributed by atoms with Crippen LogP contribution in [-0.2, 0) is 32.3 Å². The number of benzene rings is 1. The number of aliphatic carboxylic acids is 4. The summed E-state index contributed by atoms with van der Waals surface area (Å²) in [6.07, 6.45) is 0. The number of carboxylic acids is 4. The van der Waals surface area contributed by atoms with Gasteiger partial charge in [0, 0.05) is 40.8 Å². The molecule has 0 fully saturated rings. The van der Waals surface area contributed by atoms with E-state index in [0.717, 1.165) is 38.8 Å². The monoisotopic (exact) mass is 376 g/mol. The zero-order chi connectivity index (χ0) is 21.7. The molecule has 1 rings (SSSR count). The summed E-state index contributed by atoms with van der Waals surface area (Å²) in [5.74, 6) is -3.33. The van der Waals surface area contributed by atoms with Crippen LogP contribution in [0, 0.1) is 0 Å². The highest BCUT2D eigenvalue weighted by molar-refractivity contribution is 5.63. The van der Waals surface area contributed by atoms with Gasteiger partial charge >= 0.3 is 0 Å². The van der Waals surface area contributed by atoms with Crippen molar-refractivity contribution in [3.05, 3.63) is 35.4 Å². The average molecular weight is 376 g/mol. The van der Waals surface area contributed by atoms with E-state index in [4.69, 9.17) is 51.1 Å². The number of nitrogens with two attached hydrogens (primary N) is 2. The van der Waals surface area contributed by atoms with Crippen LogP contribution in [0.4, 0.5) is 0 Å². The second-order valence-electron chi connectivity index (χ2n) is 4.30. The molecule has 26 heavy (non-hydrogen) atoms. The van der Waals surface area contributed by atoms with Gasteiger partial charge in [-0.05, 0) is 11.1 Å². The van der Waals surface area contributed by atoms with Gasteiger partial charge in [0.1, 0.15) is 0 Å². The fourth-order valence-electron chi connectivity index (χ4n) is 0.884. The van der Waals surface area contributed by atoms with Crippen LogP contribution in [0.5, 0.6) is 0 Å². The molecule has 0 aliphatic rings. The van der Waals surface area contributed by atoms with Gasteiger partial charge in [0.05, 0.1) is 0 Å². The maximum atomic E-state index is 9.00. The second-order valence-corrected chi connectivity index (χ2v) is 4.30. The first kappa shape index (κ1) is 30.9. The van der Waals surface area contributed by atoms with E-state index in [9.17, 15) is 0 Å². The molecule has 150 valence electrons. The van der Waals surface area contributed by atoms with E-state index in [1.807, 2.05) is 24.3 Å². The maximum absolute atomic E-state index is 9.00. The number of hydrogen-bond donors (Lipinski definition) is 6. The Hall–Kier alpha value is -2.98. The lowest BCUT2D eigenvalue weighted by molar-refractivity contribution is -0.135. The van der Waals surface area contributed by atoms with Crippen molar-refractivity contribution in [2.75, 3.05) is 0 Å². The van der Waals surface area contributed by atoms with E-state index in [0.29, 0.717) is 13.1 Å². The largest absolute Gasteiger partial charge is 0.481 e. The van der Waals surface area contributed by atoms with Gasteiger partial charge in [-0.2, -0.15) is 0 Å². The van der Waals surface area contributed by atoms with E-state index >= 15 is 0 Å². The Bertz CT molecular complexity index is 449. The Balaban J connectivity index is -0.000000129. The third-order valence-corrected chi connectivity index (χ3v) is 1.46. The molecule has 0 saturated carbocycles. The highest BCUT2D eigenvalue weighted by Crippen LogP contribution is 2.02. The molecule has 0 spiro atoms. The predicted molar refractivity (Wildman–Crippen MR) is 95.5 cm³/mol. The van der Waals surface area contributed by atoms with Gasteiger partial charge in [0.25, 0.3) is 23.9 Å². The Labute approximate surface area is 152 Å². The molecular formula is C16H28N2O8. The molecule has 1 aromatic carbocycles. The van der Waals surface area contributed by atoms with Gasteiger partial charge in [0.2, 0.25) is 0 Å². The SMILES string of the molecule is CC(=O)O.CC(=O)O.CC(=O)O.CC(=O)O.NCc1cccc(CN)c1. The van der Waals surface area contributed by atoms with E-state index in [-0.39, 0.29) is 0 Å². The van der Waals surface area contributed by atoms with Crippen LogP contribution in [-0.4, -0.2) is 44.3 Å². The van der Waals surface area contributed by atoms with Crippen molar-refractivity contribution in [1.29, 1.82) is 0 Å². The van der Waals surface area contributed by atoms with E-state index in [2.05, 4.69) is 0 Å². The predicted octanol–water partition coefficient (Wildman–Crippen LogP) is 0.968. The lowest BCUT2D eigenvalue weighted by Crippen LogP contribution is -2.00. The van der Waals surface area contributed by atoms with Crippen molar-refractivity contribution in [2.24, 2.45) is 11.5 Å². The smallest absolute Gasteiger partial charge is 0.300 e. The van der Waals surface area contributed by atoms with Crippen LogP contribution in [0.25, 0.3) is 0 Å². The zero-order valence-corrected chi connectivity index (χ0v) is 15.3. The highest BCUT2D eigenvalue weighted by Gasteiger charge is 1.89. The second kappa shape index (κ2) is 22.0. The number of rotatable bonds is 2. The molecule has 0 aliphatic heterocycles. The molecular weight excluding hydrogens is 348 g/mol. The topological polar surface area (TPSA) is 201 Å². The molecule has 0 radical (unpaired) electrons. The van der Waals surface area contributed by atoms with Crippen LogP contribution in [0.2, 0.25) is 0 Å². The van der Waals surface area contributed by atoms with Crippen molar-refractivity contribution in [1.82, 2.24) is 0 Å². The first-order chi connectivity index (χ1) is 11.8. The third-order valence-electron chi connectivity index (χ3n) is 1.46. The molecule has 0 atom stereocenters. The van der Waals surface area contributed by atoms with Gasteiger partial charge in [-0.3, -0.25) is 19.2 Å². The Morgan fingerprint density at radius 3 is 1.04 bits per heavy atom. The van der Waals surface area contributed by atoms with Crippen molar-refractivity contribution in [3.63, 3.8) is 0 Å². The first-order valence-electron chi connectivity index (χ1n) is 7.06. The molecule has 0 bridgehead atoms. The van der Waals surface area contributed by atoms with Crippen LogP contribution in [0.3, 0.4) is 0 Å². The molecule has 10 nitrogen and oxygen atoms in total. The van der Waals surface area contributed by atoms with Gasteiger partial charge in [0.15, 0.2) is 0 Å². The molecule has 0 aromatic heterocycles. The Kier molecular flexibility index (Phi) is 26.1. The fraction of sp³-hybridized carbons (Fsp3) is 0.375. The van der Waals surface area contributed by atoms with Crippen molar-refractivity contribution >= 4 is 23.9 Å². The normalized spacial score (nSPS) is 7.62. The third kappa shape index (κ3) is 69.4. The molecule has 0 aliphatic carbocycles. The quantitative estimate of drug-likeness (QED) is 0.431. The van der Waals surface area contributed by atoms with Gasteiger partial charge in [-0.25, -0.2) is 0 Å².